The number of benzene rings is 1. The first kappa shape index (κ1) is 28.1. The molecule has 0 radical (unpaired) electrons. The van der Waals surface area contributed by atoms with Crippen molar-refractivity contribution < 1.29 is 17.9 Å². The van der Waals surface area contributed by atoms with E-state index in [0.717, 1.165) is 44.5 Å². The fourth-order valence-corrected chi connectivity index (χ4v) is 5.35. The molecular weight excluding hydrogens is 480 g/mol. The maximum absolute atomic E-state index is 13.0. The molecule has 1 atom stereocenters. The fraction of sp³-hybridized carbons (Fsp3) is 0.640. The second-order valence-electron chi connectivity index (χ2n) is 9.22. The van der Waals surface area contributed by atoms with Crippen molar-refractivity contribution in [3.05, 3.63) is 47.5 Å². The highest BCUT2D eigenvalue weighted by Crippen LogP contribution is 2.22. The number of amides is 1. The minimum Gasteiger partial charge on any atom is -0.446 e. The highest BCUT2D eigenvalue weighted by Gasteiger charge is 2.25. The van der Waals surface area contributed by atoms with E-state index >= 15 is 0 Å². The van der Waals surface area contributed by atoms with Gasteiger partial charge in [0, 0.05) is 7.05 Å². The summed E-state index contributed by atoms with van der Waals surface area (Å²) in [6.45, 7) is 6.82. The second kappa shape index (κ2) is 13.7. The molecule has 1 aliphatic rings. The molecule has 200 valence electrons. The van der Waals surface area contributed by atoms with Gasteiger partial charge >= 0.3 is 6.09 Å². The Balaban J connectivity index is 1.66. The van der Waals surface area contributed by atoms with Crippen molar-refractivity contribution in [3.8, 4) is 0 Å². The summed E-state index contributed by atoms with van der Waals surface area (Å²) in [6, 6.07) is 9.34. The van der Waals surface area contributed by atoms with Crippen molar-refractivity contribution in [2.45, 2.75) is 71.1 Å². The lowest BCUT2D eigenvalue weighted by Gasteiger charge is -2.24. The molecular formula is C25H40N6O4S. The number of hydrogen-bond acceptors (Lipinski definition) is 7. The van der Waals surface area contributed by atoms with E-state index in [1.54, 1.807) is 11.7 Å². The molecule has 1 fully saturated rings. The number of hydrogen-bond donors (Lipinski definition) is 2. The molecule has 3 rings (SSSR count). The van der Waals surface area contributed by atoms with Crippen molar-refractivity contribution in [1.82, 2.24) is 29.7 Å². The average molecular weight is 521 g/mol. The van der Waals surface area contributed by atoms with E-state index in [1.165, 1.54) is 0 Å². The zero-order valence-corrected chi connectivity index (χ0v) is 22.5. The van der Waals surface area contributed by atoms with Gasteiger partial charge < -0.3 is 15.0 Å². The number of rotatable bonds is 15. The Bertz CT molecular complexity index is 1050. The lowest BCUT2D eigenvalue weighted by atomic mass is 9.96. The van der Waals surface area contributed by atoms with E-state index in [2.05, 4.69) is 38.9 Å². The van der Waals surface area contributed by atoms with Gasteiger partial charge in [0.05, 0.1) is 18.3 Å². The van der Waals surface area contributed by atoms with Gasteiger partial charge in [0.1, 0.15) is 11.9 Å². The van der Waals surface area contributed by atoms with Crippen LogP contribution in [0.25, 0.3) is 0 Å². The van der Waals surface area contributed by atoms with Crippen LogP contribution in [0, 0.1) is 0 Å². The summed E-state index contributed by atoms with van der Waals surface area (Å²) in [5.41, 5.74) is 1.11. The summed E-state index contributed by atoms with van der Waals surface area (Å²) in [6.07, 6.45) is 4.15. The number of carbonyl (C=O) groups is 1. The molecule has 1 amide bonds. The van der Waals surface area contributed by atoms with E-state index < -0.39 is 22.2 Å². The molecule has 1 aliphatic carbocycles. The van der Waals surface area contributed by atoms with E-state index in [9.17, 15) is 13.2 Å². The number of carbonyl (C=O) groups excluding carboxylic acids is 1. The van der Waals surface area contributed by atoms with Gasteiger partial charge in [0.25, 0.3) is 0 Å². The van der Waals surface area contributed by atoms with E-state index in [1.807, 2.05) is 30.3 Å². The summed E-state index contributed by atoms with van der Waals surface area (Å²) >= 11 is 0. The number of sulfonamides is 1. The number of aryl methyl sites for hydroxylation is 2. The number of nitrogens with zero attached hydrogens (tertiary/aromatic N) is 4. The highest BCUT2D eigenvalue weighted by atomic mass is 32.2. The molecule has 10 nitrogen and oxygen atoms in total. The van der Waals surface area contributed by atoms with Gasteiger partial charge in [-0.05, 0) is 63.7 Å². The first-order valence-corrected chi connectivity index (χ1v) is 14.6. The summed E-state index contributed by atoms with van der Waals surface area (Å²) in [5, 5.41) is 7.21. The zero-order valence-electron chi connectivity index (χ0n) is 21.6. The third-order valence-corrected chi connectivity index (χ3v) is 8.04. The van der Waals surface area contributed by atoms with Crippen LogP contribution in [0.2, 0.25) is 0 Å². The Morgan fingerprint density at radius 3 is 2.58 bits per heavy atom. The molecule has 11 heteroatoms. The van der Waals surface area contributed by atoms with Gasteiger partial charge in [0.2, 0.25) is 10.0 Å². The molecule has 1 aromatic carbocycles. The SMILES string of the molecule is CCN(CC)CCCS(=O)(=O)N[C@H](CCc1ccccc1)c1nc(CNC(=O)OC2CCC2)n(C)n1. The van der Waals surface area contributed by atoms with Gasteiger partial charge in [-0.25, -0.2) is 22.9 Å². The first-order chi connectivity index (χ1) is 17.3. The molecule has 0 saturated heterocycles. The summed E-state index contributed by atoms with van der Waals surface area (Å²) in [4.78, 5) is 18.8. The molecule has 1 saturated carbocycles. The highest BCUT2D eigenvalue weighted by molar-refractivity contribution is 7.89. The van der Waals surface area contributed by atoms with Crippen molar-refractivity contribution in [1.29, 1.82) is 0 Å². The molecule has 2 N–H and O–H groups in total. The maximum Gasteiger partial charge on any atom is 0.407 e. The van der Waals surface area contributed by atoms with Gasteiger partial charge in [-0.2, -0.15) is 5.10 Å². The Labute approximate surface area is 214 Å². The molecule has 1 heterocycles. The third-order valence-electron chi connectivity index (χ3n) is 6.57. The average Bonchev–Trinajstić information content (AvgIpc) is 3.21. The predicted octanol–water partition coefficient (Wildman–Crippen LogP) is 2.92. The molecule has 36 heavy (non-hydrogen) atoms. The Morgan fingerprint density at radius 2 is 1.94 bits per heavy atom. The Hall–Kier alpha value is -2.50. The smallest absolute Gasteiger partial charge is 0.407 e. The van der Waals surface area contributed by atoms with E-state index in [-0.39, 0.29) is 18.4 Å². The van der Waals surface area contributed by atoms with Crippen LogP contribution in [0.5, 0.6) is 0 Å². The summed E-state index contributed by atoms with van der Waals surface area (Å²) in [5.74, 6) is 0.963. The predicted molar refractivity (Wildman–Crippen MR) is 139 cm³/mol. The molecule has 0 spiro atoms. The van der Waals surface area contributed by atoms with Crippen LogP contribution in [0.3, 0.4) is 0 Å². The minimum atomic E-state index is -3.54. The van der Waals surface area contributed by atoms with Crippen LogP contribution in [0.1, 0.15) is 69.2 Å². The Morgan fingerprint density at radius 1 is 1.22 bits per heavy atom. The van der Waals surface area contributed by atoms with Crippen molar-refractivity contribution in [2.75, 3.05) is 25.4 Å². The molecule has 0 aliphatic heterocycles. The molecule has 0 unspecified atom stereocenters. The van der Waals surface area contributed by atoms with Crippen LogP contribution >= 0.6 is 0 Å². The summed E-state index contributed by atoms with van der Waals surface area (Å²) in [7, 11) is -1.81. The number of aromatic nitrogens is 3. The van der Waals surface area contributed by atoms with E-state index in [4.69, 9.17) is 4.74 Å². The lowest BCUT2D eigenvalue weighted by Crippen LogP contribution is -2.33. The van der Waals surface area contributed by atoms with Crippen LogP contribution in [0.15, 0.2) is 30.3 Å². The normalized spacial score (nSPS) is 15.0. The standard InChI is InChI=1S/C25H40N6O4S/c1-4-31(5-2)17-10-18-36(33,34)29-22(16-15-20-11-7-6-8-12-20)24-27-23(30(3)28-24)19-26-25(32)35-21-13-9-14-21/h6-8,11-12,21-22,29H,4-5,9-10,13-19H2,1-3H3,(H,26,32)/t22-/m1/s1. The van der Waals surface area contributed by atoms with Gasteiger partial charge in [-0.1, -0.05) is 44.2 Å². The van der Waals surface area contributed by atoms with Crippen LogP contribution in [-0.2, 0) is 34.8 Å². The topological polar surface area (TPSA) is 118 Å². The van der Waals surface area contributed by atoms with Gasteiger partial charge in [-0.3, -0.25) is 4.68 Å². The molecule has 2 aromatic rings. The van der Waals surface area contributed by atoms with Crippen LogP contribution in [-0.4, -0.2) is 65.7 Å². The van der Waals surface area contributed by atoms with Crippen LogP contribution < -0.4 is 10.0 Å². The first-order valence-electron chi connectivity index (χ1n) is 12.9. The number of nitrogens with one attached hydrogen (secondary N) is 2. The third kappa shape index (κ3) is 8.86. The zero-order chi connectivity index (χ0) is 26.0. The molecule has 0 bridgehead atoms. The van der Waals surface area contributed by atoms with Crippen LogP contribution in [0.4, 0.5) is 4.79 Å². The minimum absolute atomic E-state index is 0.00133. The quantitative estimate of drug-likeness (QED) is 0.371. The fourth-order valence-electron chi connectivity index (χ4n) is 4.06. The van der Waals surface area contributed by atoms with Gasteiger partial charge in [0.15, 0.2) is 5.82 Å². The number of ether oxygens (including phenoxy) is 1. The van der Waals surface area contributed by atoms with Gasteiger partial charge in [-0.15, -0.1) is 0 Å². The Kier molecular flexibility index (Phi) is 10.7. The monoisotopic (exact) mass is 520 g/mol. The maximum atomic E-state index is 13.0. The van der Waals surface area contributed by atoms with Crippen molar-refractivity contribution in [3.63, 3.8) is 0 Å². The van der Waals surface area contributed by atoms with E-state index in [0.29, 0.717) is 30.9 Å². The van der Waals surface area contributed by atoms with Crippen molar-refractivity contribution in [2.24, 2.45) is 7.05 Å². The second-order valence-corrected chi connectivity index (χ2v) is 11.1. The lowest BCUT2D eigenvalue weighted by molar-refractivity contribution is 0.0520. The summed E-state index contributed by atoms with van der Waals surface area (Å²) < 4.78 is 35.7. The van der Waals surface area contributed by atoms with Crippen molar-refractivity contribution >= 4 is 16.1 Å². The largest absolute Gasteiger partial charge is 0.446 e. The number of alkyl carbamates (subject to hydrolysis) is 1. The molecule has 1 aromatic heterocycles.